The van der Waals surface area contributed by atoms with Crippen molar-refractivity contribution in [2.24, 2.45) is 0 Å². The van der Waals surface area contributed by atoms with Crippen LogP contribution < -0.4 is 0 Å². The smallest absolute Gasteiger partial charge is 0.164 e. The zero-order chi connectivity index (χ0) is 35.6. The van der Waals surface area contributed by atoms with Gasteiger partial charge in [-0.15, -0.1) is 0 Å². The van der Waals surface area contributed by atoms with Crippen LogP contribution in [0.3, 0.4) is 0 Å². The van der Waals surface area contributed by atoms with E-state index in [1.165, 1.54) is 54.3 Å². The Morgan fingerprint density at radius 2 is 0.815 bits per heavy atom. The third-order valence-electron chi connectivity index (χ3n) is 11.0. The Morgan fingerprint density at radius 1 is 0.315 bits per heavy atom. The molecule has 4 heteroatoms. The van der Waals surface area contributed by atoms with Gasteiger partial charge in [-0.3, -0.25) is 0 Å². The van der Waals surface area contributed by atoms with E-state index in [-0.39, 0.29) is 0 Å². The maximum atomic E-state index is 5.27. The van der Waals surface area contributed by atoms with Crippen molar-refractivity contribution in [3.63, 3.8) is 0 Å². The molecule has 252 valence electrons. The van der Waals surface area contributed by atoms with Gasteiger partial charge < -0.3 is 0 Å². The monoisotopic (exact) mass is 705 g/mol. The van der Waals surface area contributed by atoms with Crippen molar-refractivity contribution in [2.75, 3.05) is 0 Å². The molecule has 0 atom stereocenters. The highest BCUT2D eigenvalue weighted by atomic mass is 32.2. The van der Waals surface area contributed by atoms with Gasteiger partial charge in [0.25, 0.3) is 0 Å². The van der Waals surface area contributed by atoms with E-state index in [2.05, 4.69) is 170 Å². The molecule has 0 saturated heterocycles. The van der Waals surface area contributed by atoms with Gasteiger partial charge in [0.2, 0.25) is 0 Å². The highest BCUT2D eigenvalue weighted by Crippen LogP contribution is 2.62. The molecule has 2 heterocycles. The van der Waals surface area contributed by atoms with E-state index >= 15 is 0 Å². The van der Waals surface area contributed by atoms with Crippen molar-refractivity contribution in [1.82, 2.24) is 15.0 Å². The molecule has 0 radical (unpaired) electrons. The molecule has 0 saturated carbocycles. The summed E-state index contributed by atoms with van der Waals surface area (Å²) in [4.78, 5) is 18.1. The summed E-state index contributed by atoms with van der Waals surface area (Å²) in [6, 6.07) is 67.3. The maximum absolute atomic E-state index is 5.27. The van der Waals surface area contributed by atoms with Crippen molar-refractivity contribution in [3.05, 3.63) is 210 Å². The average Bonchev–Trinajstić information content (AvgIpc) is 3.54. The number of aromatic nitrogens is 3. The summed E-state index contributed by atoms with van der Waals surface area (Å²) in [5.74, 6) is 1.96. The Labute approximate surface area is 318 Å². The second-order valence-corrected chi connectivity index (χ2v) is 15.0. The van der Waals surface area contributed by atoms with Crippen LogP contribution in [0.2, 0.25) is 0 Å². The molecule has 1 aliphatic heterocycles. The molecular formula is C50H31N3S. The predicted octanol–water partition coefficient (Wildman–Crippen LogP) is 12.5. The number of hydrogen-bond acceptors (Lipinski definition) is 4. The Balaban J connectivity index is 1.13. The topological polar surface area (TPSA) is 38.7 Å². The van der Waals surface area contributed by atoms with Crippen molar-refractivity contribution in [2.45, 2.75) is 15.2 Å². The minimum atomic E-state index is -0.429. The van der Waals surface area contributed by atoms with Gasteiger partial charge in [0.05, 0.1) is 5.41 Å². The van der Waals surface area contributed by atoms with Crippen LogP contribution >= 0.6 is 11.8 Å². The largest absolute Gasteiger partial charge is 0.208 e. The quantitative estimate of drug-likeness (QED) is 0.183. The summed E-state index contributed by atoms with van der Waals surface area (Å²) in [6.45, 7) is 0. The van der Waals surface area contributed by atoms with Crippen LogP contribution in [-0.2, 0) is 5.41 Å². The number of benzene rings is 8. The maximum Gasteiger partial charge on any atom is 0.164 e. The summed E-state index contributed by atoms with van der Waals surface area (Å²) < 4.78 is 0. The molecule has 1 spiro atoms. The Bertz CT molecular complexity index is 2870. The first-order chi connectivity index (χ1) is 26.8. The fourth-order valence-corrected chi connectivity index (χ4v) is 9.94. The van der Waals surface area contributed by atoms with Crippen LogP contribution in [0.1, 0.15) is 22.3 Å². The third-order valence-corrected chi connectivity index (χ3v) is 12.2. The van der Waals surface area contributed by atoms with Crippen LogP contribution in [0.4, 0.5) is 0 Å². The summed E-state index contributed by atoms with van der Waals surface area (Å²) in [7, 11) is 0. The molecule has 8 aromatic carbocycles. The van der Waals surface area contributed by atoms with Crippen LogP contribution in [0.5, 0.6) is 0 Å². The van der Waals surface area contributed by atoms with E-state index in [4.69, 9.17) is 15.0 Å². The summed E-state index contributed by atoms with van der Waals surface area (Å²) >= 11 is 1.83. The van der Waals surface area contributed by atoms with Crippen molar-refractivity contribution < 1.29 is 0 Å². The minimum Gasteiger partial charge on any atom is -0.208 e. The molecule has 0 amide bonds. The normalized spacial score (nSPS) is 13.3. The average molecular weight is 706 g/mol. The van der Waals surface area contributed by atoms with Gasteiger partial charge in [-0.2, -0.15) is 0 Å². The molecule has 3 nitrogen and oxygen atoms in total. The molecule has 1 aliphatic carbocycles. The van der Waals surface area contributed by atoms with Gasteiger partial charge in [0.1, 0.15) is 0 Å². The van der Waals surface area contributed by atoms with Crippen LogP contribution in [0.15, 0.2) is 198 Å². The first kappa shape index (κ1) is 31.0. The van der Waals surface area contributed by atoms with Crippen LogP contribution in [0.25, 0.3) is 67.2 Å². The zero-order valence-electron chi connectivity index (χ0n) is 29.1. The molecule has 54 heavy (non-hydrogen) atoms. The van der Waals surface area contributed by atoms with Crippen LogP contribution in [-0.4, -0.2) is 15.0 Å². The van der Waals surface area contributed by atoms with E-state index in [0.717, 1.165) is 27.5 Å². The van der Waals surface area contributed by atoms with E-state index in [1.54, 1.807) is 0 Å². The van der Waals surface area contributed by atoms with Gasteiger partial charge in [-0.25, -0.2) is 15.0 Å². The molecule has 0 bridgehead atoms. The standard InChI is InChI=1S/C50H31N3S/c1-3-15-32(16-4-1)35-28-29-40(37-20-8-7-19-36(35)37)49-52-47(33-17-5-2-6-18-33)51-48(53-49)34-27-30-44-46(31-34)54-45-26-14-13-25-43(45)50(44)41-23-11-9-21-38(41)39-22-10-12-24-42(39)50/h1-31H. The molecule has 1 aromatic heterocycles. The third kappa shape index (κ3) is 4.60. The van der Waals surface area contributed by atoms with Gasteiger partial charge in [-0.05, 0) is 73.5 Å². The highest BCUT2D eigenvalue weighted by molar-refractivity contribution is 7.99. The first-order valence-electron chi connectivity index (χ1n) is 18.3. The fraction of sp³-hybridized carbons (Fsp3) is 0.0200. The molecule has 9 aromatic rings. The van der Waals surface area contributed by atoms with Gasteiger partial charge in [-0.1, -0.05) is 182 Å². The second kappa shape index (κ2) is 12.2. The number of nitrogens with zero attached hydrogens (tertiary/aromatic N) is 3. The molecule has 11 rings (SSSR count). The fourth-order valence-electron chi connectivity index (χ4n) is 8.71. The van der Waals surface area contributed by atoms with Crippen molar-refractivity contribution >= 4 is 22.5 Å². The van der Waals surface area contributed by atoms with Gasteiger partial charge in [0.15, 0.2) is 17.5 Å². The highest BCUT2D eigenvalue weighted by Gasteiger charge is 2.50. The lowest BCUT2D eigenvalue weighted by atomic mass is 9.67. The lowest BCUT2D eigenvalue weighted by molar-refractivity contribution is 0.722. The first-order valence-corrected chi connectivity index (χ1v) is 19.1. The Kier molecular flexibility index (Phi) is 7.01. The van der Waals surface area contributed by atoms with E-state index in [1.807, 2.05) is 30.0 Å². The number of hydrogen-bond donors (Lipinski definition) is 0. The van der Waals surface area contributed by atoms with E-state index in [9.17, 15) is 0 Å². The Morgan fingerprint density at radius 3 is 1.52 bits per heavy atom. The molecule has 2 aliphatic rings. The number of fused-ring (bicyclic) bond motifs is 10. The van der Waals surface area contributed by atoms with Crippen molar-refractivity contribution in [1.29, 1.82) is 0 Å². The zero-order valence-corrected chi connectivity index (χ0v) is 30.0. The minimum absolute atomic E-state index is 0.429. The second-order valence-electron chi connectivity index (χ2n) is 13.9. The molecule has 0 N–H and O–H groups in total. The summed E-state index contributed by atoms with van der Waals surface area (Å²) in [5.41, 5.74) is 12.7. The number of rotatable bonds is 4. The molecule has 0 unspecified atom stereocenters. The predicted molar refractivity (Wildman–Crippen MR) is 221 cm³/mol. The van der Waals surface area contributed by atoms with Gasteiger partial charge in [0, 0.05) is 26.5 Å². The lowest BCUT2D eigenvalue weighted by Crippen LogP contribution is -2.31. The van der Waals surface area contributed by atoms with E-state index in [0.29, 0.717) is 17.5 Å². The van der Waals surface area contributed by atoms with E-state index < -0.39 is 5.41 Å². The molecule has 0 fully saturated rings. The Hall–Kier alpha value is -6.62. The summed E-state index contributed by atoms with van der Waals surface area (Å²) in [5, 5.41) is 2.27. The molecular weight excluding hydrogens is 675 g/mol. The van der Waals surface area contributed by atoms with Crippen LogP contribution in [0, 0.1) is 0 Å². The van der Waals surface area contributed by atoms with Crippen molar-refractivity contribution in [3.8, 4) is 56.4 Å². The van der Waals surface area contributed by atoms with Gasteiger partial charge >= 0.3 is 0 Å². The SMILES string of the molecule is c1ccc(-c2nc(-c3ccc4c(c3)Sc3ccccc3C43c4ccccc4-c4ccccc43)nc(-c3ccc(-c4ccccc4)c4ccccc34)n2)cc1. The summed E-state index contributed by atoms with van der Waals surface area (Å²) in [6.07, 6.45) is 0. The lowest BCUT2D eigenvalue weighted by Gasteiger charge is -2.39.